The SMILES string of the molecule is C[C@@H](OC(=O)CNC(=O)c1cccc([N+](=O)[O-])c1)C(=O)N1CCc2ccccc2C1. The van der Waals surface area contributed by atoms with Crippen LogP contribution in [0, 0.1) is 10.1 Å². The van der Waals surface area contributed by atoms with Crippen LogP contribution >= 0.6 is 0 Å². The van der Waals surface area contributed by atoms with E-state index in [2.05, 4.69) is 5.32 Å². The van der Waals surface area contributed by atoms with Crippen LogP contribution in [0.4, 0.5) is 5.69 Å². The molecule has 2 aromatic rings. The fraction of sp³-hybridized carbons (Fsp3) is 0.286. The Kier molecular flexibility index (Phi) is 6.41. The fourth-order valence-electron chi connectivity index (χ4n) is 3.25. The van der Waals surface area contributed by atoms with E-state index in [1.54, 1.807) is 4.90 Å². The third-order valence-electron chi connectivity index (χ3n) is 4.81. The van der Waals surface area contributed by atoms with Gasteiger partial charge in [0.25, 0.3) is 17.5 Å². The van der Waals surface area contributed by atoms with Crippen molar-refractivity contribution in [2.24, 2.45) is 0 Å². The molecule has 0 unspecified atom stereocenters. The maximum Gasteiger partial charge on any atom is 0.326 e. The number of carbonyl (C=O) groups is 3. The van der Waals surface area contributed by atoms with Gasteiger partial charge in [-0.2, -0.15) is 0 Å². The highest BCUT2D eigenvalue weighted by molar-refractivity contribution is 5.96. The number of amides is 2. The standard InChI is InChI=1S/C21H21N3O6/c1-14(21(27)23-10-9-15-5-2-3-6-17(15)13-23)30-19(25)12-22-20(26)16-7-4-8-18(11-16)24(28)29/h2-8,11,14H,9-10,12-13H2,1H3,(H,22,26)/t14-/m1/s1. The Bertz CT molecular complexity index is 990. The maximum absolute atomic E-state index is 12.6. The molecular weight excluding hydrogens is 390 g/mol. The lowest BCUT2D eigenvalue weighted by atomic mass is 9.99. The maximum atomic E-state index is 12.6. The molecule has 0 aliphatic carbocycles. The van der Waals surface area contributed by atoms with E-state index in [-0.39, 0.29) is 17.2 Å². The minimum atomic E-state index is -0.988. The molecular formula is C21H21N3O6. The summed E-state index contributed by atoms with van der Waals surface area (Å²) in [6.45, 7) is 2.03. The number of benzene rings is 2. The summed E-state index contributed by atoms with van der Waals surface area (Å²) in [4.78, 5) is 48.5. The monoisotopic (exact) mass is 411 g/mol. The molecule has 1 aliphatic rings. The van der Waals surface area contributed by atoms with Crippen LogP contribution in [0.3, 0.4) is 0 Å². The van der Waals surface area contributed by atoms with E-state index in [9.17, 15) is 24.5 Å². The van der Waals surface area contributed by atoms with Crippen molar-refractivity contribution < 1.29 is 24.0 Å². The molecule has 0 saturated heterocycles. The van der Waals surface area contributed by atoms with E-state index in [1.807, 2.05) is 24.3 Å². The first-order chi connectivity index (χ1) is 14.3. The number of nitro groups is 1. The summed E-state index contributed by atoms with van der Waals surface area (Å²) < 4.78 is 5.15. The van der Waals surface area contributed by atoms with Gasteiger partial charge in [0.1, 0.15) is 6.54 Å². The van der Waals surface area contributed by atoms with Crippen LogP contribution in [0.15, 0.2) is 48.5 Å². The Labute approximate surface area is 172 Å². The molecule has 3 rings (SSSR count). The number of fused-ring (bicyclic) bond motifs is 1. The highest BCUT2D eigenvalue weighted by Crippen LogP contribution is 2.19. The van der Waals surface area contributed by atoms with Crippen LogP contribution in [0.2, 0.25) is 0 Å². The van der Waals surface area contributed by atoms with Gasteiger partial charge in [0, 0.05) is 30.8 Å². The molecule has 0 fully saturated rings. The van der Waals surface area contributed by atoms with Gasteiger partial charge in [0.2, 0.25) is 0 Å². The number of hydrogen-bond donors (Lipinski definition) is 1. The molecule has 0 radical (unpaired) electrons. The Hall–Kier alpha value is -3.75. The number of carbonyl (C=O) groups excluding carboxylic acids is 3. The zero-order valence-electron chi connectivity index (χ0n) is 16.4. The van der Waals surface area contributed by atoms with Crippen molar-refractivity contribution in [3.05, 3.63) is 75.3 Å². The predicted octanol–water partition coefficient (Wildman–Crippen LogP) is 1.84. The third-order valence-corrected chi connectivity index (χ3v) is 4.81. The lowest BCUT2D eigenvalue weighted by molar-refractivity contribution is -0.384. The van der Waals surface area contributed by atoms with Gasteiger partial charge in [-0.1, -0.05) is 30.3 Å². The van der Waals surface area contributed by atoms with Crippen LogP contribution in [0.25, 0.3) is 0 Å². The first kappa shape index (κ1) is 21.0. The van der Waals surface area contributed by atoms with Crippen LogP contribution in [-0.2, 0) is 27.3 Å². The van der Waals surface area contributed by atoms with Gasteiger partial charge in [-0.05, 0) is 30.5 Å². The number of nitrogens with zero attached hydrogens (tertiary/aromatic N) is 2. The number of nitro benzene ring substituents is 1. The van der Waals surface area contributed by atoms with E-state index < -0.39 is 29.4 Å². The average molecular weight is 411 g/mol. The summed E-state index contributed by atoms with van der Waals surface area (Å²) in [5, 5.41) is 13.1. The van der Waals surface area contributed by atoms with Gasteiger partial charge < -0.3 is 15.0 Å². The van der Waals surface area contributed by atoms with Gasteiger partial charge in [0.05, 0.1) is 4.92 Å². The fourth-order valence-corrected chi connectivity index (χ4v) is 3.25. The van der Waals surface area contributed by atoms with E-state index in [1.165, 1.54) is 30.7 Å². The van der Waals surface area contributed by atoms with Crippen molar-refractivity contribution in [3.63, 3.8) is 0 Å². The molecule has 0 aromatic heterocycles. The first-order valence-corrected chi connectivity index (χ1v) is 9.43. The molecule has 1 aliphatic heterocycles. The van der Waals surface area contributed by atoms with E-state index >= 15 is 0 Å². The average Bonchev–Trinajstić information content (AvgIpc) is 2.76. The van der Waals surface area contributed by atoms with E-state index in [0.717, 1.165) is 18.1 Å². The number of non-ortho nitro benzene ring substituents is 1. The summed E-state index contributed by atoms with van der Waals surface area (Å²) in [5.41, 5.74) is 2.09. The minimum absolute atomic E-state index is 0.0492. The summed E-state index contributed by atoms with van der Waals surface area (Å²) in [5.74, 6) is -1.72. The predicted molar refractivity (Wildman–Crippen MR) is 107 cm³/mol. The summed E-state index contributed by atoms with van der Waals surface area (Å²) in [6, 6.07) is 13.0. The smallest absolute Gasteiger partial charge is 0.326 e. The van der Waals surface area contributed by atoms with Gasteiger partial charge >= 0.3 is 5.97 Å². The molecule has 9 nitrogen and oxygen atoms in total. The largest absolute Gasteiger partial charge is 0.451 e. The molecule has 156 valence electrons. The molecule has 9 heteroatoms. The Balaban J connectivity index is 1.50. The summed E-state index contributed by atoms with van der Waals surface area (Å²) in [6.07, 6.45) is -0.251. The number of esters is 1. The lowest BCUT2D eigenvalue weighted by Gasteiger charge is -2.30. The molecule has 0 bridgehead atoms. The molecule has 0 spiro atoms. The van der Waals surface area contributed by atoms with Gasteiger partial charge in [-0.15, -0.1) is 0 Å². The van der Waals surface area contributed by atoms with Gasteiger partial charge in [-0.25, -0.2) is 0 Å². The van der Waals surface area contributed by atoms with Crippen molar-refractivity contribution in [2.45, 2.75) is 26.0 Å². The Morgan fingerprint density at radius 2 is 1.90 bits per heavy atom. The van der Waals surface area contributed by atoms with Crippen molar-refractivity contribution in [1.82, 2.24) is 10.2 Å². The van der Waals surface area contributed by atoms with E-state index in [4.69, 9.17) is 4.74 Å². The molecule has 1 heterocycles. The molecule has 1 N–H and O–H groups in total. The number of nitrogens with one attached hydrogen (secondary N) is 1. The Morgan fingerprint density at radius 3 is 2.63 bits per heavy atom. The normalized spacial score (nSPS) is 13.7. The second-order valence-corrected chi connectivity index (χ2v) is 6.90. The van der Waals surface area contributed by atoms with Crippen molar-refractivity contribution >= 4 is 23.5 Å². The van der Waals surface area contributed by atoms with Crippen LogP contribution in [-0.4, -0.2) is 46.8 Å². The lowest BCUT2D eigenvalue weighted by Crippen LogP contribution is -2.43. The zero-order valence-corrected chi connectivity index (χ0v) is 16.4. The third kappa shape index (κ3) is 4.99. The van der Waals surface area contributed by atoms with Gasteiger partial charge in [-0.3, -0.25) is 24.5 Å². The van der Waals surface area contributed by atoms with Crippen molar-refractivity contribution in [1.29, 1.82) is 0 Å². The van der Waals surface area contributed by atoms with Gasteiger partial charge in [0.15, 0.2) is 6.10 Å². The quantitative estimate of drug-likeness (QED) is 0.440. The first-order valence-electron chi connectivity index (χ1n) is 9.43. The second-order valence-electron chi connectivity index (χ2n) is 6.90. The summed E-state index contributed by atoms with van der Waals surface area (Å²) >= 11 is 0. The summed E-state index contributed by atoms with van der Waals surface area (Å²) in [7, 11) is 0. The number of rotatable bonds is 6. The number of hydrogen-bond acceptors (Lipinski definition) is 6. The minimum Gasteiger partial charge on any atom is -0.451 e. The second kappa shape index (κ2) is 9.17. The van der Waals surface area contributed by atoms with Crippen LogP contribution in [0.1, 0.15) is 28.4 Å². The highest BCUT2D eigenvalue weighted by atomic mass is 16.6. The highest BCUT2D eigenvalue weighted by Gasteiger charge is 2.27. The number of ether oxygens (including phenoxy) is 1. The van der Waals surface area contributed by atoms with E-state index in [0.29, 0.717) is 13.1 Å². The van der Waals surface area contributed by atoms with Crippen molar-refractivity contribution in [2.75, 3.05) is 13.1 Å². The molecule has 1 atom stereocenters. The van der Waals surface area contributed by atoms with Crippen LogP contribution in [0.5, 0.6) is 0 Å². The molecule has 0 saturated carbocycles. The molecule has 30 heavy (non-hydrogen) atoms. The zero-order chi connectivity index (χ0) is 21.7. The topological polar surface area (TPSA) is 119 Å². The Morgan fingerprint density at radius 1 is 1.17 bits per heavy atom. The van der Waals surface area contributed by atoms with Crippen LogP contribution < -0.4 is 5.32 Å². The molecule has 2 aromatic carbocycles. The van der Waals surface area contributed by atoms with Crippen molar-refractivity contribution in [3.8, 4) is 0 Å². The molecule has 2 amide bonds.